The lowest BCUT2D eigenvalue weighted by molar-refractivity contribution is -0.123. The Balaban J connectivity index is 1.79. The minimum absolute atomic E-state index is 0.0343. The van der Waals surface area contributed by atoms with Crippen molar-refractivity contribution in [2.24, 2.45) is 0 Å². The van der Waals surface area contributed by atoms with Crippen molar-refractivity contribution in [2.75, 3.05) is 19.6 Å². The number of aromatic nitrogens is 2. The molecular weight excluding hydrogens is 346 g/mol. The number of para-hydroxylation sites is 1. The number of benzene rings is 1. The second kappa shape index (κ2) is 5.67. The fraction of sp³-hybridized carbons (Fsp3) is 0.267. The van der Waals surface area contributed by atoms with Gasteiger partial charge in [0.1, 0.15) is 11.2 Å². The topological polar surface area (TPSA) is 113 Å². The third-order valence-corrected chi connectivity index (χ3v) is 5.69. The Kier molecular flexibility index (Phi) is 3.58. The number of carbonyl (C=O) groups excluding carboxylic acids is 2. The number of piperazine rings is 1. The summed E-state index contributed by atoms with van der Waals surface area (Å²) in [6.45, 7) is 0.681. The molecule has 2 N–H and O–H groups in total. The summed E-state index contributed by atoms with van der Waals surface area (Å²) < 4.78 is 28.9. The normalized spacial score (nSPS) is 18.7. The molecule has 2 aliphatic heterocycles. The lowest BCUT2D eigenvalue weighted by Gasteiger charge is -2.26. The average Bonchev–Trinajstić information content (AvgIpc) is 2.98. The Morgan fingerprint density at radius 1 is 1.24 bits per heavy atom. The molecule has 1 fully saturated rings. The van der Waals surface area contributed by atoms with E-state index in [0.29, 0.717) is 24.5 Å². The van der Waals surface area contributed by atoms with Crippen molar-refractivity contribution in [1.82, 2.24) is 24.5 Å². The molecule has 10 heteroatoms. The third kappa shape index (κ3) is 2.59. The maximum atomic E-state index is 12.8. The molecule has 2 amide bonds. The molecule has 0 atom stereocenters. The molecule has 0 spiro atoms. The zero-order valence-electron chi connectivity index (χ0n) is 13.1. The Bertz CT molecular complexity index is 982. The lowest BCUT2D eigenvalue weighted by atomic mass is 10.2. The van der Waals surface area contributed by atoms with Crippen LogP contribution in [0.25, 0.3) is 5.69 Å². The highest BCUT2D eigenvalue weighted by Crippen LogP contribution is 2.26. The Morgan fingerprint density at radius 3 is 2.84 bits per heavy atom. The fourth-order valence-corrected chi connectivity index (χ4v) is 4.20. The number of fused-ring (bicyclic) bond motifs is 3. The van der Waals surface area contributed by atoms with E-state index >= 15 is 0 Å². The second-order valence-electron chi connectivity index (χ2n) is 5.78. The van der Waals surface area contributed by atoms with Gasteiger partial charge in [-0.2, -0.15) is 0 Å². The summed E-state index contributed by atoms with van der Waals surface area (Å²) in [7, 11) is -3.68. The molecule has 2 aromatic rings. The molecule has 0 saturated carbocycles. The smallest absolute Gasteiger partial charge is 0.274 e. The van der Waals surface area contributed by atoms with Crippen LogP contribution in [0, 0.1) is 0 Å². The summed E-state index contributed by atoms with van der Waals surface area (Å²) in [4.78, 5) is 30.0. The quantitative estimate of drug-likeness (QED) is 0.693. The van der Waals surface area contributed by atoms with Crippen molar-refractivity contribution in [3.63, 3.8) is 0 Å². The maximum absolute atomic E-state index is 12.8. The van der Waals surface area contributed by atoms with Gasteiger partial charge in [0, 0.05) is 13.1 Å². The summed E-state index contributed by atoms with van der Waals surface area (Å²) >= 11 is 0. The summed E-state index contributed by atoms with van der Waals surface area (Å²) in [5.41, 5.74) is 1.03. The zero-order chi connectivity index (χ0) is 17.6. The number of carbonyl (C=O) groups is 2. The van der Waals surface area contributed by atoms with E-state index in [1.807, 2.05) is 0 Å². The van der Waals surface area contributed by atoms with Gasteiger partial charge in [-0.25, -0.2) is 18.1 Å². The molecule has 9 nitrogen and oxygen atoms in total. The first-order valence-corrected chi connectivity index (χ1v) is 9.17. The zero-order valence-corrected chi connectivity index (χ0v) is 13.9. The van der Waals surface area contributed by atoms with Gasteiger partial charge < -0.3 is 10.2 Å². The maximum Gasteiger partial charge on any atom is 0.274 e. The van der Waals surface area contributed by atoms with E-state index in [1.165, 1.54) is 17.3 Å². The van der Waals surface area contributed by atoms with Crippen LogP contribution in [-0.2, 0) is 21.4 Å². The second-order valence-corrected chi connectivity index (χ2v) is 7.51. The van der Waals surface area contributed by atoms with Crippen LogP contribution in [0.2, 0.25) is 0 Å². The number of amides is 2. The van der Waals surface area contributed by atoms with Crippen LogP contribution in [0.4, 0.5) is 0 Å². The molecule has 0 unspecified atom stereocenters. The number of hydrogen-bond acceptors (Lipinski definition) is 5. The molecule has 0 radical (unpaired) electrons. The van der Waals surface area contributed by atoms with Gasteiger partial charge >= 0.3 is 0 Å². The monoisotopic (exact) mass is 361 g/mol. The van der Waals surface area contributed by atoms with Gasteiger partial charge in [0.25, 0.3) is 5.91 Å². The summed E-state index contributed by atoms with van der Waals surface area (Å²) in [6, 6.07) is 6.52. The van der Waals surface area contributed by atoms with Gasteiger partial charge in [0.15, 0.2) is 5.69 Å². The summed E-state index contributed by atoms with van der Waals surface area (Å²) in [6.07, 6.45) is 1.44. The number of nitrogens with zero attached hydrogens (tertiary/aromatic N) is 3. The Hall–Kier alpha value is -2.72. The van der Waals surface area contributed by atoms with Gasteiger partial charge in [-0.05, 0) is 12.1 Å². The van der Waals surface area contributed by atoms with Crippen LogP contribution < -0.4 is 10.0 Å². The first kappa shape index (κ1) is 15.8. The standard InChI is InChI=1S/C15H15N5O4S/c21-13-8-19(6-5-16-13)15(22)14-11-7-18-25(23,24)12-4-2-1-3-10(12)20(11)9-17-14/h1-4,9,18H,5-8H2,(H,16,21). The molecule has 1 aromatic heterocycles. The number of imidazole rings is 1. The Labute approximate surface area is 143 Å². The van der Waals surface area contributed by atoms with E-state index in [2.05, 4.69) is 15.0 Å². The van der Waals surface area contributed by atoms with E-state index in [0.717, 1.165) is 0 Å². The molecule has 0 bridgehead atoms. The van der Waals surface area contributed by atoms with Crippen molar-refractivity contribution >= 4 is 21.8 Å². The largest absolute Gasteiger partial charge is 0.353 e. The third-order valence-electron chi connectivity index (χ3n) is 4.24. The Morgan fingerprint density at radius 2 is 2.04 bits per heavy atom. The SMILES string of the molecule is O=C1CN(C(=O)c2ncn3c2CNS(=O)(=O)c2ccccc2-3)CCN1. The van der Waals surface area contributed by atoms with Crippen molar-refractivity contribution in [1.29, 1.82) is 0 Å². The number of sulfonamides is 1. The summed E-state index contributed by atoms with van der Waals surface area (Å²) in [5, 5.41) is 2.66. The lowest BCUT2D eigenvalue weighted by Crippen LogP contribution is -2.50. The molecule has 2 aliphatic rings. The van der Waals surface area contributed by atoms with Gasteiger partial charge in [-0.1, -0.05) is 12.1 Å². The van der Waals surface area contributed by atoms with Crippen LogP contribution in [-0.4, -0.2) is 54.3 Å². The van der Waals surface area contributed by atoms with Crippen LogP contribution in [0.1, 0.15) is 16.2 Å². The van der Waals surface area contributed by atoms with Gasteiger partial charge in [-0.3, -0.25) is 14.2 Å². The van der Waals surface area contributed by atoms with Crippen molar-refractivity contribution in [3.8, 4) is 5.69 Å². The first-order chi connectivity index (χ1) is 12.0. The predicted octanol–water partition coefficient (Wildman–Crippen LogP) is -0.764. The number of nitrogens with one attached hydrogen (secondary N) is 2. The van der Waals surface area contributed by atoms with E-state index < -0.39 is 10.0 Å². The van der Waals surface area contributed by atoms with Gasteiger partial charge in [0.05, 0.1) is 24.5 Å². The molecule has 130 valence electrons. The highest BCUT2D eigenvalue weighted by Gasteiger charge is 2.31. The predicted molar refractivity (Wildman–Crippen MR) is 86.5 cm³/mol. The molecule has 25 heavy (non-hydrogen) atoms. The van der Waals surface area contributed by atoms with Crippen molar-refractivity contribution < 1.29 is 18.0 Å². The molecular formula is C15H15N5O4S. The molecule has 3 heterocycles. The van der Waals surface area contributed by atoms with Crippen LogP contribution in [0.15, 0.2) is 35.5 Å². The highest BCUT2D eigenvalue weighted by molar-refractivity contribution is 7.89. The van der Waals surface area contributed by atoms with E-state index in [4.69, 9.17) is 0 Å². The van der Waals surface area contributed by atoms with Gasteiger partial charge in [-0.15, -0.1) is 0 Å². The van der Waals surface area contributed by atoms with Crippen molar-refractivity contribution in [3.05, 3.63) is 42.0 Å². The van der Waals surface area contributed by atoms with Crippen LogP contribution >= 0.6 is 0 Å². The highest BCUT2D eigenvalue weighted by atomic mass is 32.2. The molecule has 1 saturated heterocycles. The molecule has 0 aliphatic carbocycles. The first-order valence-electron chi connectivity index (χ1n) is 7.68. The van der Waals surface area contributed by atoms with Crippen LogP contribution in [0.5, 0.6) is 0 Å². The van der Waals surface area contributed by atoms with E-state index in [9.17, 15) is 18.0 Å². The number of rotatable bonds is 1. The van der Waals surface area contributed by atoms with Gasteiger partial charge in [0.2, 0.25) is 15.9 Å². The summed E-state index contributed by atoms with van der Waals surface area (Å²) in [5.74, 6) is -0.613. The van der Waals surface area contributed by atoms with E-state index in [1.54, 1.807) is 22.8 Å². The van der Waals surface area contributed by atoms with E-state index in [-0.39, 0.29) is 35.5 Å². The van der Waals surface area contributed by atoms with Crippen molar-refractivity contribution in [2.45, 2.75) is 11.4 Å². The minimum atomic E-state index is -3.68. The molecule has 1 aromatic carbocycles. The molecule has 4 rings (SSSR count). The number of hydrogen-bond donors (Lipinski definition) is 2. The average molecular weight is 361 g/mol. The minimum Gasteiger partial charge on any atom is -0.353 e. The fourth-order valence-electron chi connectivity index (χ4n) is 3.02. The van der Waals surface area contributed by atoms with Crippen LogP contribution in [0.3, 0.4) is 0 Å².